The number of hydrogen-bond acceptors (Lipinski definition) is 6. The Labute approximate surface area is 237 Å². The Hall–Kier alpha value is -3.17. The van der Waals surface area contributed by atoms with E-state index in [1.54, 1.807) is 22.9 Å². The zero-order valence-electron chi connectivity index (χ0n) is 24.1. The zero-order chi connectivity index (χ0) is 28.6. The van der Waals surface area contributed by atoms with Gasteiger partial charge in [0.2, 0.25) is 11.5 Å². The topological polar surface area (TPSA) is 95.3 Å². The molecule has 9 heteroatoms. The molecule has 0 spiro atoms. The van der Waals surface area contributed by atoms with Crippen molar-refractivity contribution in [3.8, 4) is 5.75 Å². The number of nitrogens with zero attached hydrogens (tertiary/aromatic N) is 4. The summed E-state index contributed by atoms with van der Waals surface area (Å²) in [6.07, 6.45) is 5.84. The van der Waals surface area contributed by atoms with E-state index >= 15 is 0 Å². The first kappa shape index (κ1) is 29.8. The lowest BCUT2D eigenvalue weighted by molar-refractivity contribution is -0.144. The number of unbranched alkanes of at least 4 members (excludes halogenated alkanes) is 1. The molecule has 1 N–H and O–H groups in total. The minimum atomic E-state index is -0.865. The van der Waals surface area contributed by atoms with E-state index in [4.69, 9.17) is 4.74 Å². The van der Waals surface area contributed by atoms with Crippen molar-refractivity contribution in [2.24, 2.45) is 5.92 Å². The maximum absolute atomic E-state index is 13.7. The smallest absolute Gasteiger partial charge is 0.308 e. The van der Waals surface area contributed by atoms with Gasteiger partial charge in [-0.2, -0.15) is 0 Å². The SMILES string of the molecule is CCCCN(CCCN(C)C)C(=O)CN1C[C@H](c2ccc3c(c2)CCO3)[C@@H](C(=O)O)[C@@H]1CCn1ccccc1=O. The maximum atomic E-state index is 13.7. The van der Waals surface area contributed by atoms with E-state index in [2.05, 4.69) is 22.8 Å². The lowest BCUT2D eigenvalue weighted by Crippen LogP contribution is -2.45. The van der Waals surface area contributed by atoms with E-state index in [1.165, 1.54) is 6.07 Å². The highest BCUT2D eigenvalue weighted by Gasteiger charge is 2.47. The van der Waals surface area contributed by atoms with Crippen molar-refractivity contribution in [2.45, 2.75) is 57.5 Å². The molecule has 1 saturated heterocycles. The standard InChI is InChI=1S/C31H44N4O5/c1-4-5-15-33(17-8-14-32(2)3)29(37)22-35-21-25(23-10-11-27-24(20-23)13-19-40-27)30(31(38)39)26(35)12-18-34-16-7-6-9-28(34)36/h6-7,9-11,16,20,25-26,30H,4-5,8,12-15,17-19,21-22H2,1-3H3,(H,38,39)/t25-,26+,30-/m1/s1. The summed E-state index contributed by atoms with van der Waals surface area (Å²) in [5, 5.41) is 10.5. The predicted molar refractivity (Wildman–Crippen MR) is 155 cm³/mol. The second-order valence-corrected chi connectivity index (χ2v) is 11.3. The van der Waals surface area contributed by atoms with Gasteiger partial charge in [-0.3, -0.25) is 19.3 Å². The molecule has 0 aliphatic carbocycles. The van der Waals surface area contributed by atoms with Gasteiger partial charge >= 0.3 is 5.97 Å². The number of aryl methyl sites for hydroxylation is 1. The highest BCUT2D eigenvalue weighted by molar-refractivity contribution is 5.79. The fraction of sp³-hybridized carbons (Fsp3) is 0.581. The van der Waals surface area contributed by atoms with Gasteiger partial charge < -0.3 is 24.2 Å². The largest absolute Gasteiger partial charge is 0.493 e. The summed E-state index contributed by atoms with van der Waals surface area (Å²) < 4.78 is 7.30. The van der Waals surface area contributed by atoms with Gasteiger partial charge in [0.25, 0.3) is 0 Å². The van der Waals surface area contributed by atoms with Crippen molar-refractivity contribution in [1.29, 1.82) is 0 Å². The Morgan fingerprint density at radius 3 is 2.62 bits per heavy atom. The molecule has 1 aromatic carbocycles. The van der Waals surface area contributed by atoms with Gasteiger partial charge in [-0.05, 0) is 63.2 Å². The number of pyridine rings is 1. The van der Waals surface area contributed by atoms with E-state index in [0.29, 0.717) is 39.2 Å². The molecule has 0 saturated carbocycles. The summed E-state index contributed by atoms with van der Waals surface area (Å²) in [6.45, 7) is 6.11. The first-order valence-corrected chi connectivity index (χ1v) is 14.6. The normalized spacial score (nSPS) is 20.4. The zero-order valence-corrected chi connectivity index (χ0v) is 24.1. The number of carbonyl (C=O) groups is 2. The monoisotopic (exact) mass is 552 g/mol. The number of benzene rings is 1. The Kier molecular flexibility index (Phi) is 10.4. The highest BCUT2D eigenvalue weighted by atomic mass is 16.5. The van der Waals surface area contributed by atoms with Crippen molar-refractivity contribution in [3.05, 3.63) is 64.1 Å². The summed E-state index contributed by atoms with van der Waals surface area (Å²) in [6, 6.07) is 10.7. The van der Waals surface area contributed by atoms with Crippen LogP contribution in [-0.4, -0.2) is 95.7 Å². The van der Waals surface area contributed by atoms with Gasteiger partial charge in [-0.15, -0.1) is 0 Å². The molecule has 2 aliphatic rings. The summed E-state index contributed by atoms with van der Waals surface area (Å²) in [4.78, 5) is 45.0. The molecule has 1 amide bonds. The van der Waals surface area contributed by atoms with Crippen LogP contribution in [0.4, 0.5) is 0 Å². The van der Waals surface area contributed by atoms with Gasteiger partial charge in [0, 0.05) is 56.8 Å². The number of carbonyl (C=O) groups excluding carboxylic acids is 1. The summed E-state index contributed by atoms with van der Waals surface area (Å²) in [7, 11) is 4.06. The van der Waals surface area contributed by atoms with Crippen LogP contribution in [0, 0.1) is 5.92 Å². The van der Waals surface area contributed by atoms with E-state index in [1.807, 2.05) is 31.1 Å². The molecule has 3 atom stereocenters. The molecule has 0 unspecified atom stereocenters. The van der Waals surface area contributed by atoms with Crippen LogP contribution in [0.1, 0.15) is 49.7 Å². The Morgan fingerprint density at radius 1 is 1.10 bits per heavy atom. The van der Waals surface area contributed by atoms with E-state index in [-0.39, 0.29) is 30.0 Å². The molecule has 1 aromatic heterocycles. The molecule has 9 nitrogen and oxygen atoms in total. The van der Waals surface area contributed by atoms with E-state index < -0.39 is 11.9 Å². The molecule has 0 bridgehead atoms. The first-order valence-electron chi connectivity index (χ1n) is 14.6. The van der Waals surface area contributed by atoms with Crippen LogP contribution in [0.2, 0.25) is 0 Å². The number of amides is 1. The number of hydrogen-bond donors (Lipinski definition) is 1. The summed E-state index contributed by atoms with van der Waals surface area (Å²) in [5.74, 6) is -0.904. The third-order valence-corrected chi connectivity index (χ3v) is 8.25. The van der Waals surface area contributed by atoms with Gasteiger partial charge in [0.1, 0.15) is 5.75 Å². The van der Waals surface area contributed by atoms with Crippen LogP contribution < -0.4 is 10.3 Å². The van der Waals surface area contributed by atoms with Crippen molar-refractivity contribution in [3.63, 3.8) is 0 Å². The van der Waals surface area contributed by atoms with Gasteiger partial charge in [-0.25, -0.2) is 0 Å². The molecule has 3 heterocycles. The lowest BCUT2D eigenvalue weighted by atomic mass is 9.83. The van der Waals surface area contributed by atoms with Crippen LogP contribution in [0.25, 0.3) is 0 Å². The number of aliphatic carboxylic acids is 1. The highest BCUT2D eigenvalue weighted by Crippen LogP contribution is 2.41. The fourth-order valence-corrected chi connectivity index (χ4v) is 6.11. The Bertz CT molecular complexity index is 1210. The first-order chi connectivity index (χ1) is 19.3. The molecule has 4 rings (SSSR count). The van der Waals surface area contributed by atoms with E-state index in [9.17, 15) is 19.5 Å². The number of aromatic nitrogens is 1. The van der Waals surface area contributed by atoms with Crippen LogP contribution in [-0.2, 0) is 22.6 Å². The molecule has 218 valence electrons. The summed E-state index contributed by atoms with van der Waals surface area (Å²) in [5.41, 5.74) is 1.97. The molecule has 2 aliphatic heterocycles. The van der Waals surface area contributed by atoms with Crippen LogP contribution in [0.5, 0.6) is 5.75 Å². The number of ether oxygens (including phenoxy) is 1. The third-order valence-electron chi connectivity index (χ3n) is 8.25. The number of carboxylic acid groups (broad SMARTS) is 1. The van der Waals surface area contributed by atoms with Crippen molar-refractivity contribution in [1.82, 2.24) is 19.3 Å². The van der Waals surface area contributed by atoms with Crippen LogP contribution in [0.15, 0.2) is 47.4 Å². The fourth-order valence-electron chi connectivity index (χ4n) is 6.11. The van der Waals surface area contributed by atoms with Gasteiger partial charge in [0.15, 0.2) is 0 Å². The maximum Gasteiger partial charge on any atom is 0.308 e. The molecule has 1 fully saturated rings. The number of likely N-dealkylation sites (tertiary alicyclic amines) is 1. The molecular weight excluding hydrogens is 508 g/mol. The van der Waals surface area contributed by atoms with E-state index in [0.717, 1.165) is 49.1 Å². The number of carboxylic acids is 1. The van der Waals surface area contributed by atoms with Crippen molar-refractivity contribution >= 4 is 11.9 Å². The van der Waals surface area contributed by atoms with Crippen LogP contribution in [0.3, 0.4) is 0 Å². The minimum absolute atomic E-state index is 0.0428. The average molecular weight is 553 g/mol. The quantitative estimate of drug-likeness (QED) is 0.385. The van der Waals surface area contributed by atoms with Gasteiger partial charge in [-0.1, -0.05) is 31.5 Å². The number of fused-ring (bicyclic) bond motifs is 1. The number of rotatable bonds is 14. The Balaban J connectivity index is 1.59. The van der Waals surface area contributed by atoms with Gasteiger partial charge in [0.05, 0.1) is 19.1 Å². The molecule has 0 radical (unpaired) electrons. The third kappa shape index (κ3) is 7.31. The molecular formula is C31H44N4O5. The summed E-state index contributed by atoms with van der Waals surface area (Å²) >= 11 is 0. The van der Waals surface area contributed by atoms with Crippen molar-refractivity contribution < 1.29 is 19.4 Å². The molecule has 40 heavy (non-hydrogen) atoms. The Morgan fingerprint density at radius 2 is 1.90 bits per heavy atom. The lowest BCUT2D eigenvalue weighted by Gasteiger charge is -2.30. The minimum Gasteiger partial charge on any atom is -0.493 e. The predicted octanol–water partition coefficient (Wildman–Crippen LogP) is 2.92. The van der Waals surface area contributed by atoms with Crippen molar-refractivity contribution in [2.75, 3.05) is 53.4 Å². The second kappa shape index (κ2) is 13.9. The second-order valence-electron chi connectivity index (χ2n) is 11.3. The average Bonchev–Trinajstić information content (AvgIpc) is 3.54. The molecule has 2 aromatic rings. The van der Waals surface area contributed by atoms with Crippen LogP contribution >= 0.6 is 0 Å².